The van der Waals surface area contributed by atoms with Gasteiger partial charge in [0.15, 0.2) is 0 Å². The smallest absolute Gasteiger partial charge is 0.239 e. The van der Waals surface area contributed by atoms with Crippen LogP contribution in [0.5, 0.6) is 11.5 Å². The summed E-state index contributed by atoms with van der Waals surface area (Å²) in [4.78, 5) is 11.7. The third-order valence-electron chi connectivity index (χ3n) is 3.04. The predicted molar refractivity (Wildman–Crippen MR) is 91.4 cm³/mol. The van der Waals surface area contributed by atoms with Crippen molar-refractivity contribution >= 4 is 23.2 Å². The molecule has 6 heteroatoms. The van der Waals surface area contributed by atoms with Crippen LogP contribution in [0.1, 0.15) is 0 Å². The fourth-order valence-electron chi connectivity index (χ4n) is 1.90. The molecule has 0 bridgehead atoms. The van der Waals surface area contributed by atoms with Crippen LogP contribution in [0.4, 0.5) is 5.69 Å². The Hall–Kier alpha value is -2.40. The number of hydrogen-bond donors (Lipinski definition) is 2. The van der Waals surface area contributed by atoms with Crippen LogP contribution >= 0.6 is 11.6 Å². The van der Waals surface area contributed by atoms with E-state index < -0.39 is 0 Å². The van der Waals surface area contributed by atoms with E-state index in [0.717, 1.165) is 11.4 Å². The second-order valence-corrected chi connectivity index (χ2v) is 5.12. The number of nitrogens with one attached hydrogen (secondary N) is 2. The summed E-state index contributed by atoms with van der Waals surface area (Å²) in [5, 5.41) is 6.27. The largest absolute Gasteiger partial charge is 0.495 e. The van der Waals surface area contributed by atoms with Crippen molar-refractivity contribution < 1.29 is 14.3 Å². The Labute approximate surface area is 140 Å². The molecule has 2 rings (SSSR count). The van der Waals surface area contributed by atoms with Crippen LogP contribution in [0.2, 0.25) is 5.02 Å². The summed E-state index contributed by atoms with van der Waals surface area (Å²) in [6, 6.07) is 14.7. The quantitative estimate of drug-likeness (QED) is 0.729. The number of methoxy groups -OCH3 is 1. The summed E-state index contributed by atoms with van der Waals surface area (Å²) < 4.78 is 10.6. The zero-order valence-electron chi connectivity index (χ0n) is 12.8. The number of carbonyl (C=O) groups excluding carboxylic acids is 1. The van der Waals surface area contributed by atoms with Gasteiger partial charge in [-0.1, -0.05) is 29.8 Å². The van der Waals surface area contributed by atoms with Crippen molar-refractivity contribution in [3.63, 3.8) is 0 Å². The Morgan fingerprint density at radius 2 is 1.96 bits per heavy atom. The maximum absolute atomic E-state index is 11.7. The highest BCUT2D eigenvalue weighted by Crippen LogP contribution is 2.26. The molecule has 0 saturated carbocycles. The molecule has 23 heavy (non-hydrogen) atoms. The minimum absolute atomic E-state index is 0.117. The van der Waals surface area contributed by atoms with E-state index in [-0.39, 0.29) is 12.5 Å². The molecule has 0 aromatic heterocycles. The highest BCUT2D eigenvalue weighted by Gasteiger charge is 2.04. The second kappa shape index (κ2) is 8.90. The molecule has 0 aliphatic carbocycles. The molecule has 5 nitrogen and oxygen atoms in total. The molecule has 122 valence electrons. The molecule has 1 amide bonds. The number of ether oxygens (including phenoxy) is 2. The van der Waals surface area contributed by atoms with Crippen LogP contribution in [0.15, 0.2) is 48.5 Å². The van der Waals surface area contributed by atoms with Crippen LogP contribution in [0, 0.1) is 0 Å². The molecule has 0 spiro atoms. The first-order chi connectivity index (χ1) is 11.2. The SMILES string of the molecule is COc1ccc(NCC(=O)NCCOc2ccccc2)cc1Cl. The Morgan fingerprint density at radius 3 is 2.65 bits per heavy atom. The lowest BCUT2D eigenvalue weighted by molar-refractivity contribution is -0.119. The second-order valence-electron chi connectivity index (χ2n) is 4.71. The Morgan fingerprint density at radius 1 is 1.17 bits per heavy atom. The molecule has 0 heterocycles. The van der Waals surface area contributed by atoms with Gasteiger partial charge in [-0.05, 0) is 30.3 Å². The average Bonchev–Trinajstić information content (AvgIpc) is 2.58. The monoisotopic (exact) mass is 334 g/mol. The van der Waals surface area contributed by atoms with Gasteiger partial charge in [-0.2, -0.15) is 0 Å². The van der Waals surface area contributed by atoms with Gasteiger partial charge in [0, 0.05) is 5.69 Å². The van der Waals surface area contributed by atoms with Gasteiger partial charge in [-0.15, -0.1) is 0 Å². The molecule has 2 N–H and O–H groups in total. The van der Waals surface area contributed by atoms with Gasteiger partial charge in [-0.25, -0.2) is 0 Å². The minimum Gasteiger partial charge on any atom is -0.495 e. The first-order valence-electron chi connectivity index (χ1n) is 7.21. The van der Waals surface area contributed by atoms with Gasteiger partial charge in [0.25, 0.3) is 0 Å². The molecular weight excluding hydrogens is 316 g/mol. The van der Waals surface area contributed by atoms with E-state index in [2.05, 4.69) is 10.6 Å². The highest BCUT2D eigenvalue weighted by molar-refractivity contribution is 6.32. The van der Waals surface area contributed by atoms with Crippen LogP contribution < -0.4 is 20.1 Å². The lowest BCUT2D eigenvalue weighted by Gasteiger charge is -2.10. The average molecular weight is 335 g/mol. The summed E-state index contributed by atoms with van der Waals surface area (Å²) in [6.07, 6.45) is 0. The zero-order valence-corrected chi connectivity index (χ0v) is 13.6. The zero-order chi connectivity index (χ0) is 16.5. The maximum Gasteiger partial charge on any atom is 0.239 e. The fourth-order valence-corrected chi connectivity index (χ4v) is 2.15. The fraction of sp³-hybridized carbons (Fsp3) is 0.235. The van der Waals surface area contributed by atoms with Crippen molar-refractivity contribution in [2.45, 2.75) is 0 Å². The molecule has 2 aromatic rings. The molecule has 0 aliphatic rings. The van der Waals surface area contributed by atoms with Crippen molar-refractivity contribution in [3.05, 3.63) is 53.6 Å². The minimum atomic E-state index is -0.117. The first kappa shape index (κ1) is 17.0. The van der Waals surface area contributed by atoms with Gasteiger partial charge in [0.1, 0.15) is 18.1 Å². The van der Waals surface area contributed by atoms with Crippen molar-refractivity contribution in [1.82, 2.24) is 5.32 Å². The number of anilines is 1. The summed E-state index contributed by atoms with van der Waals surface area (Å²) in [7, 11) is 1.55. The number of rotatable bonds is 8. The van der Waals surface area contributed by atoms with E-state index in [0.29, 0.717) is 23.9 Å². The topological polar surface area (TPSA) is 59.6 Å². The molecule has 0 radical (unpaired) electrons. The van der Waals surface area contributed by atoms with Crippen LogP contribution in [0.25, 0.3) is 0 Å². The van der Waals surface area contributed by atoms with E-state index in [4.69, 9.17) is 21.1 Å². The molecule has 0 saturated heterocycles. The Kier molecular flexibility index (Phi) is 6.56. The number of carbonyl (C=O) groups is 1. The normalized spacial score (nSPS) is 10.0. The Bertz CT molecular complexity index is 635. The number of benzene rings is 2. The van der Waals surface area contributed by atoms with Crippen LogP contribution in [0.3, 0.4) is 0 Å². The third-order valence-corrected chi connectivity index (χ3v) is 3.34. The summed E-state index contributed by atoms with van der Waals surface area (Å²) in [6.45, 7) is 1.02. The van der Waals surface area contributed by atoms with E-state index in [1.807, 2.05) is 30.3 Å². The number of para-hydroxylation sites is 1. The molecule has 0 atom stereocenters. The molecular formula is C17H19ClN2O3. The van der Waals surface area contributed by atoms with Crippen LogP contribution in [-0.2, 0) is 4.79 Å². The Balaban J connectivity index is 1.66. The van der Waals surface area contributed by atoms with Crippen LogP contribution in [-0.4, -0.2) is 32.7 Å². The summed E-state index contributed by atoms with van der Waals surface area (Å²) in [5.41, 5.74) is 0.756. The molecule has 2 aromatic carbocycles. The van der Waals surface area contributed by atoms with Gasteiger partial charge in [-0.3, -0.25) is 4.79 Å². The lowest BCUT2D eigenvalue weighted by Crippen LogP contribution is -2.33. The van der Waals surface area contributed by atoms with Gasteiger partial charge in [0.05, 0.1) is 25.2 Å². The van der Waals surface area contributed by atoms with E-state index >= 15 is 0 Å². The van der Waals surface area contributed by atoms with E-state index in [1.54, 1.807) is 25.3 Å². The van der Waals surface area contributed by atoms with Crippen molar-refractivity contribution in [2.24, 2.45) is 0 Å². The maximum atomic E-state index is 11.7. The van der Waals surface area contributed by atoms with Gasteiger partial charge >= 0.3 is 0 Å². The van der Waals surface area contributed by atoms with Crippen molar-refractivity contribution in [1.29, 1.82) is 0 Å². The molecule has 0 unspecified atom stereocenters. The highest BCUT2D eigenvalue weighted by atomic mass is 35.5. The standard InChI is InChI=1S/C17H19ClN2O3/c1-22-16-8-7-13(11-15(16)18)20-12-17(21)19-9-10-23-14-5-3-2-4-6-14/h2-8,11,20H,9-10,12H2,1H3,(H,19,21). The van der Waals surface area contributed by atoms with Crippen molar-refractivity contribution in [3.8, 4) is 11.5 Å². The number of hydrogen-bond acceptors (Lipinski definition) is 4. The van der Waals surface area contributed by atoms with E-state index in [1.165, 1.54) is 0 Å². The first-order valence-corrected chi connectivity index (χ1v) is 7.59. The number of halogens is 1. The molecule has 0 aliphatic heterocycles. The number of amides is 1. The van der Waals surface area contributed by atoms with Crippen molar-refractivity contribution in [2.75, 3.05) is 32.1 Å². The van der Waals surface area contributed by atoms with Gasteiger partial charge < -0.3 is 20.1 Å². The summed E-state index contributed by atoms with van der Waals surface area (Å²) >= 11 is 6.02. The van der Waals surface area contributed by atoms with E-state index in [9.17, 15) is 4.79 Å². The van der Waals surface area contributed by atoms with Gasteiger partial charge in [0.2, 0.25) is 5.91 Å². The third kappa shape index (κ3) is 5.71. The molecule has 0 fully saturated rings. The summed E-state index contributed by atoms with van der Waals surface area (Å²) in [5.74, 6) is 1.26. The lowest BCUT2D eigenvalue weighted by atomic mass is 10.3. The predicted octanol–water partition coefficient (Wildman–Crippen LogP) is 2.96.